The van der Waals surface area contributed by atoms with Crippen LogP contribution in [-0.2, 0) is 0 Å². The van der Waals surface area contributed by atoms with Gasteiger partial charge in [0.2, 0.25) is 0 Å². The summed E-state index contributed by atoms with van der Waals surface area (Å²) in [5.41, 5.74) is 1.31. The van der Waals surface area contributed by atoms with Crippen LogP contribution >= 0.6 is 27.5 Å². The van der Waals surface area contributed by atoms with Crippen molar-refractivity contribution in [2.24, 2.45) is 0 Å². The second kappa shape index (κ2) is 5.72. The van der Waals surface area contributed by atoms with Crippen LogP contribution in [0.3, 0.4) is 0 Å². The fourth-order valence-corrected chi connectivity index (χ4v) is 2.39. The second-order valence-electron chi connectivity index (χ2n) is 4.20. The van der Waals surface area contributed by atoms with Gasteiger partial charge in [-0.3, -0.25) is 0 Å². The van der Waals surface area contributed by atoms with Crippen molar-refractivity contribution >= 4 is 33.2 Å². The van der Waals surface area contributed by atoms with E-state index < -0.39 is 0 Å². The molecule has 3 N–H and O–H groups in total. The third-order valence-electron chi connectivity index (χ3n) is 2.80. The number of nitrogens with one attached hydrogen (secondary N) is 1. The highest BCUT2D eigenvalue weighted by Gasteiger charge is 2.15. The van der Waals surface area contributed by atoms with Crippen LogP contribution in [-0.4, -0.2) is 10.2 Å². The standard InChI is InChI=1S/C14H13BrClNO2/c1-8(14-12(18)3-2-4-13(14)19)17-9-5-6-11(16)10(15)7-9/h2-8,17-19H,1H3. The average Bonchev–Trinajstić information content (AvgIpc) is 2.33. The number of rotatable bonds is 3. The van der Waals surface area contributed by atoms with Crippen molar-refractivity contribution in [2.75, 3.05) is 5.32 Å². The Balaban J connectivity index is 2.25. The highest BCUT2D eigenvalue weighted by atomic mass is 79.9. The summed E-state index contributed by atoms with van der Waals surface area (Å²) in [7, 11) is 0. The molecule has 0 aromatic heterocycles. The molecule has 0 aliphatic carbocycles. The van der Waals surface area contributed by atoms with Gasteiger partial charge in [-0.15, -0.1) is 0 Å². The molecule has 0 amide bonds. The normalized spacial score (nSPS) is 12.2. The van der Waals surface area contributed by atoms with Crippen molar-refractivity contribution in [2.45, 2.75) is 13.0 Å². The third-order valence-corrected chi connectivity index (χ3v) is 4.01. The molecular formula is C14H13BrClNO2. The first-order valence-corrected chi connectivity index (χ1v) is 6.88. The van der Waals surface area contributed by atoms with Gasteiger partial charge in [0.25, 0.3) is 0 Å². The summed E-state index contributed by atoms with van der Waals surface area (Å²) in [6.07, 6.45) is 0. The minimum atomic E-state index is -0.241. The molecule has 0 aliphatic rings. The molecule has 3 nitrogen and oxygen atoms in total. The minimum Gasteiger partial charge on any atom is -0.507 e. The number of phenolic OH excluding ortho intramolecular Hbond substituents is 2. The lowest BCUT2D eigenvalue weighted by Gasteiger charge is -2.18. The summed E-state index contributed by atoms with van der Waals surface area (Å²) in [6.45, 7) is 1.86. The molecular weight excluding hydrogens is 330 g/mol. The molecule has 0 heterocycles. The lowest BCUT2D eigenvalue weighted by molar-refractivity contribution is 0.434. The van der Waals surface area contributed by atoms with Crippen LogP contribution in [0.4, 0.5) is 5.69 Å². The van der Waals surface area contributed by atoms with E-state index in [9.17, 15) is 10.2 Å². The Bertz CT molecular complexity index is 584. The number of aromatic hydroxyl groups is 2. The fraction of sp³-hybridized carbons (Fsp3) is 0.143. The SMILES string of the molecule is CC(Nc1ccc(Cl)c(Br)c1)c1c(O)cccc1O. The Hall–Kier alpha value is -1.39. The van der Waals surface area contributed by atoms with Gasteiger partial charge in [0.15, 0.2) is 0 Å². The van der Waals surface area contributed by atoms with Crippen LogP contribution in [0.15, 0.2) is 40.9 Å². The number of hydrogen-bond acceptors (Lipinski definition) is 3. The summed E-state index contributed by atoms with van der Waals surface area (Å²) in [4.78, 5) is 0. The topological polar surface area (TPSA) is 52.5 Å². The molecule has 2 aromatic carbocycles. The monoisotopic (exact) mass is 341 g/mol. The van der Waals surface area contributed by atoms with Gasteiger partial charge in [-0.05, 0) is 53.2 Å². The molecule has 0 saturated heterocycles. The van der Waals surface area contributed by atoms with Crippen LogP contribution < -0.4 is 5.32 Å². The minimum absolute atomic E-state index is 0.0630. The zero-order valence-corrected chi connectivity index (χ0v) is 12.5. The zero-order chi connectivity index (χ0) is 14.0. The van der Waals surface area contributed by atoms with E-state index in [0.717, 1.165) is 10.2 Å². The summed E-state index contributed by atoms with van der Waals surface area (Å²) >= 11 is 9.28. The van der Waals surface area contributed by atoms with Gasteiger partial charge in [0.1, 0.15) is 11.5 Å². The molecule has 0 aliphatic heterocycles. The summed E-state index contributed by atoms with van der Waals surface area (Å²) in [5, 5.41) is 23.4. The van der Waals surface area contributed by atoms with E-state index in [2.05, 4.69) is 21.2 Å². The predicted molar refractivity (Wildman–Crippen MR) is 81.0 cm³/mol. The van der Waals surface area contributed by atoms with E-state index in [-0.39, 0.29) is 17.5 Å². The molecule has 0 saturated carbocycles. The molecule has 19 heavy (non-hydrogen) atoms. The summed E-state index contributed by atoms with van der Waals surface area (Å²) < 4.78 is 0.785. The zero-order valence-electron chi connectivity index (χ0n) is 10.2. The molecule has 2 rings (SSSR count). The first-order chi connectivity index (χ1) is 8.99. The Morgan fingerprint density at radius 2 is 1.79 bits per heavy atom. The molecule has 0 radical (unpaired) electrons. The average molecular weight is 343 g/mol. The molecule has 100 valence electrons. The highest BCUT2D eigenvalue weighted by molar-refractivity contribution is 9.10. The number of benzene rings is 2. The van der Waals surface area contributed by atoms with Gasteiger partial charge >= 0.3 is 0 Å². The maximum Gasteiger partial charge on any atom is 0.124 e. The molecule has 0 fully saturated rings. The highest BCUT2D eigenvalue weighted by Crippen LogP contribution is 2.35. The van der Waals surface area contributed by atoms with Crippen LogP contribution in [0.2, 0.25) is 5.02 Å². The Labute approximate surface area is 125 Å². The Morgan fingerprint density at radius 1 is 1.16 bits per heavy atom. The van der Waals surface area contributed by atoms with Crippen molar-refractivity contribution in [1.82, 2.24) is 0 Å². The van der Waals surface area contributed by atoms with Crippen molar-refractivity contribution in [3.05, 3.63) is 51.5 Å². The van der Waals surface area contributed by atoms with Crippen molar-refractivity contribution in [1.29, 1.82) is 0 Å². The van der Waals surface area contributed by atoms with Crippen molar-refractivity contribution in [3.63, 3.8) is 0 Å². The van der Waals surface area contributed by atoms with Gasteiger partial charge in [0.05, 0.1) is 16.6 Å². The van der Waals surface area contributed by atoms with Gasteiger partial charge in [-0.2, -0.15) is 0 Å². The Kier molecular flexibility index (Phi) is 4.22. The van der Waals surface area contributed by atoms with Crippen molar-refractivity contribution < 1.29 is 10.2 Å². The van der Waals surface area contributed by atoms with E-state index in [0.29, 0.717) is 10.6 Å². The largest absolute Gasteiger partial charge is 0.507 e. The molecule has 0 spiro atoms. The maximum absolute atomic E-state index is 9.81. The van der Waals surface area contributed by atoms with Gasteiger partial charge in [-0.1, -0.05) is 17.7 Å². The van der Waals surface area contributed by atoms with Gasteiger partial charge in [0, 0.05) is 10.2 Å². The number of hydrogen-bond donors (Lipinski definition) is 3. The van der Waals surface area contributed by atoms with E-state index in [4.69, 9.17) is 11.6 Å². The quantitative estimate of drug-likeness (QED) is 0.758. The molecule has 0 bridgehead atoms. The van der Waals surface area contributed by atoms with Gasteiger partial charge in [-0.25, -0.2) is 0 Å². The number of halogens is 2. The van der Waals surface area contributed by atoms with Crippen molar-refractivity contribution in [3.8, 4) is 11.5 Å². The summed E-state index contributed by atoms with van der Waals surface area (Å²) in [6, 6.07) is 9.90. The van der Waals surface area contributed by atoms with E-state index in [1.165, 1.54) is 0 Å². The maximum atomic E-state index is 9.81. The number of phenols is 2. The predicted octanol–water partition coefficient (Wildman–Crippen LogP) is 4.69. The van der Waals surface area contributed by atoms with E-state index in [1.807, 2.05) is 19.1 Å². The van der Waals surface area contributed by atoms with Crippen LogP contribution in [0, 0.1) is 0 Å². The lowest BCUT2D eigenvalue weighted by atomic mass is 10.1. The molecule has 5 heteroatoms. The third kappa shape index (κ3) is 3.14. The fourth-order valence-electron chi connectivity index (χ4n) is 1.89. The molecule has 1 unspecified atom stereocenters. The van der Waals surface area contributed by atoms with E-state index in [1.54, 1.807) is 24.3 Å². The number of anilines is 1. The summed E-state index contributed by atoms with van der Waals surface area (Å²) in [5.74, 6) is 0.126. The first-order valence-electron chi connectivity index (χ1n) is 5.71. The van der Waals surface area contributed by atoms with E-state index >= 15 is 0 Å². The van der Waals surface area contributed by atoms with Gasteiger partial charge < -0.3 is 15.5 Å². The first kappa shape index (κ1) is 14.0. The molecule has 1 atom stereocenters. The Morgan fingerprint density at radius 3 is 2.37 bits per heavy atom. The second-order valence-corrected chi connectivity index (χ2v) is 5.47. The van der Waals surface area contributed by atoms with Crippen LogP contribution in [0.25, 0.3) is 0 Å². The lowest BCUT2D eigenvalue weighted by Crippen LogP contribution is -2.07. The smallest absolute Gasteiger partial charge is 0.124 e. The van der Waals surface area contributed by atoms with Crippen LogP contribution in [0.5, 0.6) is 11.5 Å². The molecule has 2 aromatic rings. The van der Waals surface area contributed by atoms with Crippen LogP contribution in [0.1, 0.15) is 18.5 Å².